The van der Waals surface area contributed by atoms with Gasteiger partial charge in [-0.05, 0) is 18.6 Å². The number of hydrogen-bond acceptors (Lipinski definition) is 2. The highest BCUT2D eigenvalue weighted by atomic mass is 79.9. The molecule has 1 aromatic carbocycles. The molecule has 1 aromatic heterocycles. The second kappa shape index (κ2) is 4.33. The maximum absolute atomic E-state index is 11.5. The molecule has 0 saturated heterocycles. The summed E-state index contributed by atoms with van der Waals surface area (Å²) in [6.45, 7) is 2.59. The van der Waals surface area contributed by atoms with E-state index in [9.17, 15) is 4.79 Å². The number of halogens is 1. The smallest absolute Gasteiger partial charge is 0.299 e. The molecule has 0 atom stereocenters. The normalized spacial score (nSPS) is 10.5. The van der Waals surface area contributed by atoms with Crippen molar-refractivity contribution in [3.05, 3.63) is 55.0 Å². The average molecular weight is 284 g/mol. The second-order valence-corrected chi connectivity index (χ2v) is 5.00. The number of nitrogens with zero attached hydrogens (tertiary/aromatic N) is 1. The van der Waals surface area contributed by atoms with E-state index in [0.29, 0.717) is 6.54 Å². The summed E-state index contributed by atoms with van der Waals surface area (Å²) >= 11 is 4.73. The average Bonchev–Trinajstić information content (AvgIpc) is 2.53. The molecule has 2 nitrogen and oxygen atoms in total. The van der Waals surface area contributed by atoms with Crippen LogP contribution in [0.2, 0.25) is 0 Å². The first-order valence-corrected chi connectivity index (χ1v) is 6.24. The minimum Gasteiger partial charge on any atom is -0.299 e. The number of thiazole rings is 1. The molecule has 0 N–H and O–H groups in total. The summed E-state index contributed by atoms with van der Waals surface area (Å²) in [5.41, 5.74) is 2.14. The Labute approximate surface area is 100 Å². The summed E-state index contributed by atoms with van der Waals surface area (Å²) in [5, 5.41) is 1.89. The molecule has 78 valence electrons. The van der Waals surface area contributed by atoms with Crippen molar-refractivity contribution in [1.82, 2.24) is 4.57 Å². The standard InChI is InChI=1S/C11H10BrNOS/c1-8-7-15-11(14)13(8)6-9-4-2-3-5-10(9)12/h2-5,7H,6H2,1H3. The van der Waals surface area contributed by atoms with Crippen LogP contribution in [0.25, 0.3) is 0 Å². The van der Waals surface area contributed by atoms with Gasteiger partial charge >= 0.3 is 4.87 Å². The van der Waals surface area contributed by atoms with Crippen LogP contribution >= 0.6 is 27.3 Å². The molecule has 0 radical (unpaired) electrons. The fraction of sp³-hybridized carbons (Fsp3) is 0.182. The molecule has 0 aliphatic rings. The molecule has 0 spiro atoms. The van der Waals surface area contributed by atoms with Crippen LogP contribution in [0.4, 0.5) is 0 Å². The Kier molecular flexibility index (Phi) is 3.07. The van der Waals surface area contributed by atoms with Gasteiger partial charge in [0.1, 0.15) is 0 Å². The van der Waals surface area contributed by atoms with Crippen molar-refractivity contribution < 1.29 is 0 Å². The molecule has 2 rings (SSSR count). The van der Waals surface area contributed by atoms with E-state index in [1.54, 1.807) is 4.57 Å². The topological polar surface area (TPSA) is 22.0 Å². The van der Waals surface area contributed by atoms with E-state index in [4.69, 9.17) is 0 Å². The van der Waals surface area contributed by atoms with Gasteiger partial charge in [-0.2, -0.15) is 0 Å². The first-order valence-electron chi connectivity index (χ1n) is 4.57. The first kappa shape index (κ1) is 10.6. The molecular weight excluding hydrogens is 274 g/mol. The SMILES string of the molecule is Cc1csc(=O)n1Cc1ccccc1Br. The maximum atomic E-state index is 11.5. The van der Waals surface area contributed by atoms with Crippen molar-refractivity contribution in [2.45, 2.75) is 13.5 Å². The molecule has 15 heavy (non-hydrogen) atoms. The summed E-state index contributed by atoms with van der Waals surface area (Å²) in [5.74, 6) is 0. The fourth-order valence-corrected chi connectivity index (χ4v) is 2.54. The van der Waals surface area contributed by atoms with Crippen LogP contribution in [0.3, 0.4) is 0 Å². The minimum absolute atomic E-state index is 0.100. The summed E-state index contributed by atoms with van der Waals surface area (Å²) in [7, 11) is 0. The largest absolute Gasteiger partial charge is 0.307 e. The van der Waals surface area contributed by atoms with E-state index in [1.807, 2.05) is 36.6 Å². The number of aromatic nitrogens is 1. The molecule has 0 bridgehead atoms. The number of aryl methyl sites for hydroxylation is 1. The summed E-state index contributed by atoms with van der Waals surface area (Å²) in [6.07, 6.45) is 0. The van der Waals surface area contributed by atoms with Crippen molar-refractivity contribution in [3.8, 4) is 0 Å². The van der Waals surface area contributed by atoms with E-state index in [-0.39, 0.29) is 4.87 Å². The van der Waals surface area contributed by atoms with Gasteiger partial charge in [0.05, 0.1) is 6.54 Å². The predicted molar refractivity (Wildman–Crippen MR) is 66.6 cm³/mol. The maximum Gasteiger partial charge on any atom is 0.307 e. The molecule has 4 heteroatoms. The van der Waals surface area contributed by atoms with Gasteiger partial charge in [0, 0.05) is 15.5 Å². The van der Waals surface area contributed by atoms with Gasteiger partial charge in [-0.3, -0.25) is 9.36 Å². The van der Waals surface area contributed by atoms with E-state index in [2.05, 4.69) is 15.9 Å². The van der Waals surface area contributed by atoms with Gasteiger partial charge in [0.25, 0.3) is 0 Å². The van der Waals surface area contributed by atoms with Crippen LogP contribution < -0.4 is 4.87 Å². The summed E-state index contributed by atoms with van der Waals surface area (Å²) in [4.78, 5) is 11.6. The highest BCUT2D eigenvalue weighted by Gasteiger charge is 2.05. The molecule has 0 aliphatic carbocycles. The van der Waals surface area contributed by atoms with Crippen molar-refractivity contribution in [1.29, 1.82) is 0 Å². The molecule has 0 amide bonds. The second-order valence-electron chi connectivity index (χ2n) is 3.32. The zero-order chi connectivity index (χ0) is 10.8. The van der Waals surface area contributed by atoms with Crippen molar-refractivity contribution in [2.24, 2.45) is 0 Å². The molecule has 1 heterocycles. The van der Waals surface area contributed by atoms with Crippen LogP contribution in [-0.2, 0) is 6.54 Å². The lowest BCUT2D eigenvalue weighted by Gasteiger charge is -2.06. The highest BCUT2D eigenvalue weighted by Crippen LogP contribution is 2.17. The Bertz CT molecular complexity index is 529. The molecule has 0 unspecified atom stereocenters. The van der Waals surface area contributed by atoms with Gasteiger partial charge in [-0.1, -0.05) is 45.5 Å². The third-order valence-electron chi connectivity index (χ3n) is 2.26. The lowest BCUT2D eigenvalue weighted by Crippen LogP contribution is -2.15. The predicted octanol–water partition coefficient (Wildman–Crippen LogP) is 3.03. The van der Waals surface area contributed by atoms with Crippen LogP contribution in [0.1, 0.15) is 11.3 Å². The zero-order valence-corrected chi connectivity index (χ0v) is 10.6. The Balaban J connectivity index is 2.38. The van der Waals surface area contributed by atoms with Crippen molar-refractivity contribution >= 4 is 27.3 Å². The van der Waals surface area contributed by atoms with E-state index < -0.39 is 0 Å². The van der Waals surface area contributed by atoms with Gasteiger partial charge in [0.15, 0.2) is 0 Å². The fourth-order valence-electron chi connectivity index (χ4n) is 1.39. The van der Waals surface area contributed by atoms with Crippen LogP contribution in [0.15, 0.2) is 38.9 Å². The third-order valence-corrected chi connectivity index (χ3v) is 3.92. The van der Waals surface area contributed by atoms with E-state index in [0.717, 1.165) is 15.7 Å². The molecule has 0 aliphatic heterocycles. The number of rotatable bonds is 2. The molecular formula is C11H10BrNOS. The quantitative estimate of drug-likeness (QED) is 0.831. The molecule has 0 saturated carbocycles. The van der Waals surface area contributed by atoms with Crippen molar-refractivity contribution in [2.75, 3.05) is 0 Å². The van der Waals surface area contributed by atoms with Crippen LogP contribution in [0.5, 0.6) is 0 Å². The lowest BCUT2D eigenvalue weighted by molar-refractivity contribution is 0.752. The molecule has 2 aromatic rings. The van der Waals surface area contributed by atoms with Gasteiger partial charge in [-0.15, -0.1) is 0 Å². The van der Waals surface area contributed by atoms with Crippen LogP contribution in [0, 0.1) is 6.92 Å². The lowest BCUT2D eigenvalue weighted by atomic mass is 10.2. The zero-order valence-electron chi connectivity index (χ0n) is 8.24. The Morgan fingerprint density at radius 3 is 2.73 bits per heavy atom. The van der Waals surface area contributed by atoms with Gasteiger partial charge in [0.2, 0.25) is 0 Å². The number of benzene rings is 1. The van der Waals surface area contributed by atoms with Crippen LogP contribution in [-0.4, -0.2) is 4.57 Å². The van der Waals surface area contributed by atoms with E-state index in [1.165, 1.54) is 11.3 Å². The summed E-state index contributed by atoms with van der Waals surface area (Å²) in [6, 6.07) is 7.96. The first-order chi connectivity index (χ1) is 7.18. The number of hydrogen-bond donors (Lipinski definition) is 0. The minimum atomic E-state index is 0.100. The summed E-state index contributed by atoms with van der Waals surface area (Å²) < 4.78 is 2.83. The van der Waals surface area contributed by atoms with Crippen molar-refractivity contribution in [3.63, 3.8) is 0 Å². The van der Waals surface area contributed by atoms with E-state index >= 15 is 0 Å². The highest BCUT2D eigenvalue weighted by molar-refractivity contribution is 9.10. The monoisotopic (exact) mass is 283 g/mol. The third kappa shape index (κ3) is 2.21. The van der Waals surface area contributed by atoms with Gasteiger partial charge in [-0.25, -0.2) is 0 Å². The Morgan fingerprint density at radius 2 is 2.13 bits per heavy atom. The van der Waals surface area contributed by atoms with Gasteiger partial charge < -0.3 is 0 Å². The Morgan fingerprint density at radius 1 is 1.40 bits per heavy atom. The Hall–Kier alpha value is -0.870. The molecule has 0 fully saturated rings.